The molecular formula is C25H31NO3S. The average Bonchev–Trinajstić information content (AvgIpc) is 2.65. The zero-order chi connectivity index (χ0) is 22.3. The first-order chi connectivity index (χ1) is 13.8. The van der Waals surface area contributed by atoms with E-state index in [9.17, 15) is 9.90 Å². The van der Waals surface area contributed by atoms with Crippen molar-refractivity contribution in [1.82, 2.24) is 4.98 Å². The van der Waals surface area contributed by atoms with E-state index >= 15 is 0 Å². The molecule has 5 heteroatoms. The third kappa shape index (κ3) is 4.64. The van der Waals surface area contributed by atoms with Gasteiger partial charge in [-0.3, -0.25) is 4.79 Å². The van der Waals surface area contributed by atoms with E-state index in [1.165, 1.54) is 17.6 Å². The maximum absolute atomic E-state index is 13.2. The summed E-state index contributed by atoms with van der Waals surface area (Å²) in [6.45, 7) is 13.6. The minimum atomic E-state index is -0.987. The molecule has 0 amide bonds. The first kappa shape index (κ1) is 22.6. The second-order valence-corrected chi connectivity index (χ2v) is 10.6. The van der Waals surface area contributed by atoms with Crippen molar-refractivity contribution in [3.05, 3.63) is 64.4 Å². The van der Waals surface area contributed by atoms with Crippen LogP contribution in [0.3, 0.4) is 0 Å². The molecule has 4 nitrogen and oxygen atoms in total. The normalized spacial score (nSPS) is 13.1. The monoisotopic (exact) mass is 425 g/mol. The van der Waals surface area contributed by atoms with Crippen LogP contribution in [0.5, 0.6) is 0 Å². The van der Waals surface area contributed by atoms with Gasteiger partial charge >= 0.3 is 0 Å². The molecule has 160 valence electrons. The van der Waals surface area contributed by atoms with Crippen LogP contribution in [0.25, 0.3) is 22.0 Å². The van der Waals surface area contributed by atoms with Crippen LogP contribution in [-0.4, -0.2) is 21.3 Å². The molecule has 0 saturated carbocycles. The molecule has 0 saturated heterocycles. The number of aliphatic hydroxyl groups is 1. The minimum absolute atomic E-state index is 0.00380. The van der Waals surface area contributed by atoms with Crippen LogP contribution >= 0.6 is 12.0 Å². The van der Waals surface area contributed by atoms with Gasteiger partial charge in [-0.25, -0.2) is 0 Å². The minimum Gasteiger partial charge on any atom is -0.387 e. The lowest BCUT2D eigenvalue weighted by atomic mass is 9.86. The maximum Gasteiger partial charge on any atom is 0.197 e. The van der Waals surface area contributed by atoms with E-state index in [0.29, 0.717) is 10.9 Å². The van der Waals surface area contributed by atoms with E-state index in [2.05, 4.69) is 31.8 Å². The summed E-state index contributed by atoms with van der Waals surface area (Å²) in [5, 5.41) is 11.0. The molecule has 0 aliphatic heterocycles. The average molecular weight is 426 g/mol. The number of hydrogen-bond acceptors (Lipinski definition) is 4. The highest BCUT2D eigenvalue weighted by Crippen LogP contribution is 2.34. The topological polar surface area (TPSA) is 62.3 Å². The molecule has 0 unspecified atom stereocenters. The van der Waals surface area contributed by atoms with E-state index in [4.69, 9.17) is 4.18 Å². The fourth-order valence-electron chi connectivity index (χ4n) is 2.87. The zero-order valence-corrected chi connectivity index (χ0v) is 19.6. The summed E-state index contributed by atoms with van der Waals surface area (Å²) in [4.78, 5) is 17.3. The Morgan fingerprint density at radius 1 is 0.967 bits per heavy atom. The molecule has 0 bridgehead atoms. The third-order valence-corrected chi connectivity index (χ3v) is 6.66. The molecule has 0 atom stereocenters. The molecule has 2 N–H and O–H groups in total. The van der Waals surface area contributed by atoms with Gasteiger partial charge in [0, 0.05) is 39.6 Å². The van der Waals surface area contributed by atoms with Gasteiger partial charge < -0.3 is 14.3 Å². The van der Waals surface area contributed by atoms with Crippen molar-refractivity contribution in [3.63, 3.8) is 0 Å². The van der Waals surface area contributed by atoms with Crippen molar-refractivity contribution in [2.45, 2.75) is 70.0 Å². The van der Waals surface area contributed by atoms with E-state index in [1.807, 2.05) is 50.2 Å². The van der Waals surface area contributed by atoms with Gasteiger partial charge in [0.05, 0.1) is 5.60 Å². The second-order valence-electron chi connectivity index (χ2n) is 9.81. The summed E-state index contributed by atoms with van der Waals surface area (Å²) in [7, 11) is 0. The van der Waals surface area contributed by atoms with Gasteiger partial charge in [-0.15, -0.1) is 0 Å². The van der Waals surface area contributed by atoms with Gasteiger partial charge in [0.2, 0.25) is 0 Å². The number of pyridine rings is 1. The van der Waals surface area contributed by atoms with E-state index in [-0.39, 0.29) is 10.8 Å². The lowest BCUT2D eigenvalue weighted by molar-refractivity contribution is -0.0813. The summed E-state index contributed by atoms with van der Waals surface area (Å²) in [6.07, 6.45) is 1.78. The molecule has 1 heterocycles. The molecule has 0 fully saturated rings. The van der Waals surface area contributed by atoms with Crippen molar-refractivity contribution in [3.8, 4) is 11.1 Å². The number of aromatic nitrogens is 1. The van der Waals surface area contributed by atoms with Gasteiger partial charge in [-0.1, -0.05) is 39.0 Å². The predicted molar refractivity (Wildman–Crippen MR) is 126 cm³/mol. The number of aromatic amines is 1. The Hall–Kier alpha value is -2.08. The maximum atomic E-state index is 13.2. The molecule has 0 radical (unpaired) electrons. The quantitative estimate of drug-likeness (QED) is 0.487. The van der Waals surface area contributed by atoms with Gasteiger partial charge in [-0.05, 0) is 68.5 Å². The summed E-state index contributed by atoms with van der Waals surface area (Å²) in [6, 6.07) is 13.7. The predicted octanol–water partition coefficient (Wildman–Crippen LogP) is 6.07. The summed E-state index contributed by atoms with van der Waals surface area (Å²) in [5.41, 5.74) is 1.77. The van der Waals surface area contributed by atoms with Crippen molar-refractivity contribution in [2.24, 2.45) is 0 Å². The molecule has 3 rings (SSSR count). The van der Waals surface area contributed by atoms with Crippen LogP contribution < -0.4 is 5.43 Å². The highest BCUT2D eigenvalue weighted by Gasteiger charge is 2.36. The summed E-state index contributed by atoms with van der Waals surface area (Å²) < 4.78 is 5.90. The molecule has 0 aliphatic rings. The van der Waals surface area contributed by atoms with Crippen LogP contribution in [0, 0.1) is 0 Å². The van der Waals surface area contributed by atoms with E-state index in [1.54, 1.807) is 20.0 Å². The van der Waals surface area contributed by atoms with Gasteiger partial charge in [0.25, 0.3) is 0 Å². The lowest BCUT2D eigenvalue weighted by Crippen LogP contribution is -2.45. The van der Waals surface area contributed by atoms with Gasteiger partial charge in [-0.2, -0.15) is 0 Å². The molecule has 1 aromatic heterocycles. The smallest absolute Gasteiger partial charge is 0.197 e. The standard InChI is InChI=1S/C25H31NO3S/c1-23(2,3)17-11-12-19-21(14-17)26-15-20(22(19)27)16-9-8-10-18(13-16)30-29-25(6,7)24(4,5)28/h8-15,28H,1-7H3,(H,26,27). The van der Waals surface area contributed by atoms with E-state index in [0.717, 1.165) is 16.0 Å². The van der Waals surface area contributed by atoms with Crippen LogP contribution in [0.1, 0.15) is 54.0 Å². The Labute approximate surface area is 182 Å². The Morgan fingerprint density at radius 3 is 2.30 bits per heavy atom. The van der Waals surface area contributed by atoms with Crippen molar-refractivity contribution in [1.29, 1.82) is 0 Å². The van der Waals surface area contributed by atoms with Crippen molar-refractivity contribution in [2.75, 3.05) is 0 Å². The molecule has 30 heavy (non-hydrogen) atoms. The summed E-state index contributed by atoms with van der Waals surface area (Å²) >= 11 is 1.20. The Bertz CT molecular complexity index is 1120. The molecule has 2 aromatic carbocycles. The molecular weight excluding hydrogens is 394 g/mol. The number of hydrogen-bond donors (Lipinski definition) is 2. The van der Waals surface area contributed by atoms with Crippen LogP contribution in [0.15, 0.2) is 58.4 Å². The van der Waals surface area contributed by atoms with Crippen molar-refractivity contribution < 1.29 is 9.29 Å². The van der Waals surface area contributed by atoms with E-state index < -0.39 is 11.2 Å². The SMILES string of the molecule is CC(C)(C)c1ccc2c(=O)c(-c3cccc(SOC(C)(C)C(C)(C)O)c3)c[nH]c2c1. The Morgan fingerprint density at radius 2 is 1.67 bits per heavy atom. The third-order valence-electron chi connectivity index (χ3n) is 5.71. The Kier molecular flexibility index (Phi) is 5.93. The largest absolute Gasteiger partial charge is 0.387 e. The van der Waals surface area contributed by atoms with Crippen LogP contribution in [0.2, 0.25) is 0 Å². The second kappa shape index (κ2) is 7.88. The first-order valence-corrected chi connectivity index (χ1v) is 10.9. The fourth-order valence-corrected chi connectivity index (χ4v) is 3.69. The van der Waals surface area contributed by atoms with Crippen LogP contribution in [0.4, 0.5) is 0 Å². The highest BCUT2D eigenvalue weighted by atomic mass is 32.2. The first-order valence-electron chi connectivity index (χ1n) is 10.1. The lowest BCUT2D eigenvalue weighted by Gasteiger charge is -2.35. The number of rotatable bonds is 5. The van der Waals surface area contributed by atoms with Crippen molar-refractivity contribution >= 4 is 22.9 Å². The van der Waals surface area contributed by atoms with Crippen LogP contribution in [-0.2, 0) is 9.60 Å². The Balaban J connectivity index is 1.94. The molecule has 3 aromatic rings. The van der Waals surface area contributed by atoms with Gasteiger partial charge in [0.15, 0.2) is 5.43 Å². The summed E-state index contributed by atoms with van der Waals surface area (Å²) in [5.74, 6) is 0. The number of nitrogens with one attached hydrogen (secondary N) is 1. The molecule has 0 aliphatic carbocycles. The zero-order valence-electron chi connectivity index (χ0n) is 18.8. The number of benzene rings is 2. The molecule has 0 spiro atoms. The number of H-pyrrole nitrogens is 1. The fraction of sp³-hybridized carbons (Fsp3) is 0.400. The highest BCUT2D eigenvalue weighted by molar-refractivity contribution is 7.94. The number of fused-ring (bicyclic) bond motifs is 1. The van der Waals surface area contributed by atoms with Gasteiger partial charge in [0.1, 0.15) is 5.60 Å².